The third-order valence-corrected chi connectivity index (χ3v) is 2.59. The topological polar surface area (TPSA) is 54.4 Å². The van der Waals surface area contributed by atoms with Crippen molar-refractivity contribution >= 4 is 23.5 Å². The standard InChI is InChI=1S/C9H16O3S/c1-3-13-5-4-8(10)6-7(2)9(11)12/h7H,3-6H2,1-2H3,(H,11,12). The van der Waals surface area contributed by atoms with E-state index in [2.05, 4.69) is 0 Å². The molecule has 4 heteroatoms. The highest BCUT2D eigenvalue weighted by Crippen LogP contribution is 2.08. The zero-order valence-corrected chi connectivity index (χ0v) is 8.89. The summed E-state index contributed by atoms with van der Waals surface area (Å²) in [6.07, 6.45) is 0.662. The molecule has 1 unspecified atom stereocenters. The van der Waals surface area contributed by atoms with Crippen LogP contribution in [0.2, 0.25) is 0 Å². The van der Waals surface area contributed by atoms with Crippen molar-refractivity contribution in [1.29, 1.82) is 0 Å². The molecule has 76 valence electrons. The highest BCUT2D eigenvalue weighted by molar-refractivity contribution is 7.99. The number of carbonyl (C=O) groups is 2. The van der Waals surface area contributed by atoms with Crippen LogP contribution in [0.5, 0.6) is 0 Å². The van der Waals surface area contributed by atoms with E-state index in [9.17, 15) is 9.59 Å². The Morgan fingerprint density at radius 2 is 2.08 bits per heavy atom. The largest absolute Gasteiger partial charge is 0.481 e. The van der Waals surface area contributed by atoms with Gasteiger partial charge in [0.2, 0.25) is 0 Å². The van der Waals surface area contributed by atoms with E-state index in [0.717, 1.165) is 11.5 Å². The van der Waals surface area contributed by atoms with Gasteiger partial charge in [-0.1, -0.05) is 13.8 Å². The van der Waals surface area contributed by atoms with Gasteiger partial charge in [-0.05, 0) is 5.75 Å². The van der Waals surface area contributed by atoms with Crippen molar-refractivity contribution in [3.8, 4) is 0 Å². The van der Waals surface area contributed by atoms with E-state index < -0.39 is 11.9 Å². The first-order valence-corrected chi connectivity index (χ1v) is 5.55. The smallest absolute Gasteiger partial charge is 0.306 e. The summed E-state index contributed by atoms with van der Waals surface area (Å²) in [7, 11) is 0. The van der Waals surface area contributed by atoms with Crippen LogP contribution in [0, 0.1) is 5.92 Å². The first-order valence-electron chi connectivity index (χ1n) is 4.40. The molecule has 0 saturated carbocycles. The summed E-state index contributed by atoms with van der Waals surface area (Å²) in [5.74, 6) is 0.426. The second kappa shape index (κ2) is 6.95. The fraction of sp³-hybridized carbons (Fsp3) is 0.778. The normalized spacial score (nSPS) is 12.5. The van der Waals surface area contributed by atoms with Crippen LogP contribution in [0.25, 0.3) is 0 Å². The predicted molar refractivity (Wildman–Crippen MR) is 54.0 cm³/mol. The molecular formula is C9H16O3S. The monoisotopic (exact) mass is 204 g/mol. The van der Waals surface area contributed by atoms with Gasteiger partial charge in [0.25, 0.3) is 0 Å². The van der Waals surface area contributed by atoms with Crippen LogP contribution in [0.15, 0.2) is 0 Å². The van der Waals surface area contributed by atoms with Gasteiger partial charge in [0.1, 0.15) is 5.78 Å². The molecule has 13 heavy (non-hydrogen) atoms. The Balaban J connectivity index is 3.56. The molecule has 0 saturated heterocycles. The fourth-order valence-electron chi connectivity index (χ4n) is 0.861. The third-order valence-electron chi connectivity index (χ3n) is 1.68. The lowest BCUT2D eigenvalue weighted by atomic mass is 10.0. The van der Waals surface area contributed by atoms with Crippen LogP contribution in [0.3, 0.4) is 0 Å². The van der Waals surface area contributed by atoms with Crippen LogP contribution >= 0.6 is 11.8 Å². The molecule has 0 bridgehead atoms. The lowest BCUT2D eigenvalue weighted by Crippen LogP contribution is -2.14. The van der Waals surface area contributed by atoms with E-state index >= 15 is 0 Å². The van der Waals surface area contributed by atoms with Gasteiger partial charge in [-0.15, -0.1) is 0 Å². The van der Waals surface area contributed by atoms with Crippen LogP contribution in [-0.2, 0) is 9.59 Å². The maximum Gasteiger partial charge on any atom is 0.306 e. The van der Waals surface area contributed by atoms with E-state index in [0.29, 0.717) is 6.42 Å². The van der Waals surface area contributed by atoms with Crippen LogP contribution in [0.4, 0.5) is 0 Å². The maximum atomic E-state index is 11.2. The zero-order chi connectivity index (χ0) is 10.3. The number of carboxylic acid groups (broad SMARTS) is 1. The van der Waals surface area contributed by atoms with Gasteiger partial charge < -0.3 is 5.11 Å². The maximum absolute atomic E-state index is 11.2. The SMILES string of the molecule is CCSCCC(=O)CC(C)C(=O)O. The second-order valence-corrected chi connectivity index (χ2v) is 4.32. The number of aliphatic carboxylic acids is 1. The van der Waals surface area contributed by atoms with Crippen molar-refractivity contribution in [2.45, 2.75) is 26.7 Å². The number of thioether (sulfide) groups is 1. The summed E-state index contributed by atoms with van der Waals surface area (Å²) in [5, 5.41) is 8.55. The molecule has 3 nitrogen and oxygen atoms in total. The van der Waals surface area contributed by atoms with Crippen molar-refractivity contribution < 1.29 is 14.7 Å². The number of carboxylic acids is 1. The molecular weight excluding hydrogens is 188 g/mol. The zero-order valence-electron chi connectivity index (χ0n) is 8.08. The number of carbonyl (C=O) groups excluding carboxylic acids is 1. The Hall–Kier alpha value is -0.510. The van der Waals surface area contributed by atoms with Crippen LogP contribution in [-0.4, -0.2) is 28.4 Å². The van der Waals surface area contributed by atoms with Gasteiger partial charge in [-0.3, -0.25) is 9.59 Å². The number of rotatable bonds is 7. The molecule has 0 rings (SSSR count). The summed E-state index contributed by atoms with van der Waals surface area (Å²) < 4.78 is 0. The third kappa shape index (κ3) is 6.63. The van der Waals surface area contributed by atoms with E-state index in [1.165, 1.54) is 0 Å². The van der Waals surface area contributed by atoms with E-state index in [4.69, 9.17) is 5.11 Å². The van der Waals surface area contributed by atoms with E-state index in [1.807, 2.05) is 6.92 Å². The molecule has 0 aromatic rings. The molecule has 0 aromatic carbocycles. The highest BCUT2D eigenvalue weighted by atomic mass is 32.2. The van der Waals surface area contributed by atoms with Gasteiger partial charge in [-0.2, -0.15) is 11.8 Å². The molecule has 1 atom stereocenters. The van der Waals surface area contributed by atoms with E-state index in [1.54, 1.807) is 18.7 Å². The summed E-state index contributed by atoms with van der Waals surface area (Å²) in [6, 6.07) is 0. The fourth-order valence-corrected chi connectivity index (χ4v) is 1.52. The minimum absolute atomic E-state index is 0.0517. The van der Waals surface area contributed by atoms with Crippen LogP contribution < -0.4 is 0 Å². The van der Waals surface area contributed by atoms with Crippen molar-refractivity contribution in [3.63, 3.8) is 0 Å². The molecule has 0 fully saturated rings. The van der Waals surface area contributed by atoms with Crippen molar-refractivity contribution in [2.75, 3.05) is 11.5 Å². The summed E-state index contributed by atoms with van der Waals surface area (Å²) in [5.41, 5.74) is 0. The van der Waals surface area contributed by atoms with Crippen LogP contribution in [0.1, 0.15) is 26.7 Å². The Morgan fingerprint density at radius 3 is 2.54 bits per heavy atom. The molecule has 0 aliphatic rings. The van der Waals surface area contributed by atoms with E-state index in [-0.39, 0.29) is 12.2 Å². The molecule has 0 aliphatic carbocycles. The average Bonchev–Trinajstić information content (AvgIpc) is 2.04. The predicted octanol–water partition coefficient (Wildman–Crippen LogP) is 1.81. The lowest BCUT2D eigenvalue weighted by molar-refractivity contribution is -0.143. The van der Waals surface area contributed by atoms with Crippen molar-refractivity contribution in [2.24, 2.45) is 5.92 Å². The van der Waals surface area contributed by atoms with Gasteiger partial charge in [-0.25, -0.2) is 0 Å². The minimum atomic E-state index is -0.892. The highest BCUT2D eigenvalue weighted by Gasteiger charge is 2.14. The summed E-state index contributed by atoms with van der Waals surface area (Å²) in [4.78, 5) is 21.6. The summed E-state index contributed by atoms with van der Waals surface area (Å²) in [6.45, 7) is 3.60. The number of hydrogen-bond acceptors (Lipinski definition) is 3. The summed E-state index contributed by atoms with van der Waals surface area (Å²) >= 11 is 1.70. The van der Waals surface area contributed by atoms with Crippen molar-refractivity contribution in [1.82, 2.24) is 0 Å². The average molecular weight is 204 g/mol. The first kappa shape index (κ1) is 12.5. The Bertz CT molecular complexity index is 180. The number of hydrogen-bond donors (Lipinski definition) is 1. The van der Waals surface area contributed by atoms with Gasteiger partial charge in [0.15, 0.2) is 0 Å². The molecule has 0 radical (unpaired) electrons. The second-order valence-electron chi connectivity index (χ2n) is 2.93. The van der Waals surface area contributed by atoms with Gasteiger partial charge in [0.05, 0.1) is 5.92 Å². The van der Waals surface area contributed by atoms with Gasteiger partial charge in [0, 0.05) is 18.6 Å². The molecule has 0 aliphatic heterocycles. The molecule has 0 spiro atoms. The molecule has 0 heterocycles. The lowest BCUT2D eigenvalue weighted by Gasteiger charge is -2.04. The quantitative estimate of drug-likeness (QED) is 0.642. The minimum Gasteiger partial charge on any atom is -0.481 e. The number of ketones is 1. The molecule has 0 aromatic heterocycles. The molecule has 1 N–H and O–H groups in total. The Labute approximate surface area is 82.9 Å². The van der Waals surface area contributed by atoms with Gasteiger partial charge >= 0.3 is 5.97 Å². The Kier molecular flexibility index (Phi) is 6.68. The Morgan fingerprint density at radius 1 is 1.46 bits per heavy atom. The first-order chi connectivity index (χ1) is 6.07. The van der Waals surface area contributed by atoms with Crippen molar-refractivity contribution in [3.05, 3.63) is 0 Å². The number of Topliss-reactive ketones (excluding diaryl/α,β-unsaturated/α-hetero) is 1. The molecule has 0 amide bonds.